The van der Waals surface area contributed by atoms with Crippen LogP contribution in [0.4, 0.5) is 16.0 Å². The van der Waals surface area contributed by atoms with Crippen LogP contribution in [0.5, 0.6) is 0 Å². The maximum absolute atomic E-state index is 13.8. The third-order valence-corrected chi connectivity index (χ3v) is 4.46. The summed E-state index contributed by atoms with van der Waals surface area (Å²) in [5.41, 5.74) is 6.02. The van der Waals surface area contributed by atoms with Crippen molar-refractivity contribution in [2.45, 2.75) is 5.16 Å². The Morgan fingerprint density at radius 2 is 2.04 bits per heavy atom. The summed E-state index contributed by atoms with van der Waals surface area (Å²) in [5.74, 6) is 0.284. The molecule has 2 aromatic rings. The van der Waals surface area contributed by atoms with Crippen molar-refractivity contribution in [1.82, 2.24) is 20.1 Å². The molecular formula is C14H17FN6OS. The minimum Gasteiger partial charge on any atom is -0.368 e. The van der Waals surface area contributed by atoms with E-state index in [0.29, 0.717) is 37.0 Å². The van der Waals surface area contributed by atoms with Crippen LogP contribution in [0.15, 0.2) is 29.4 Å². The summed E-state index contributed by atoms with van der Waals surface area (Å²) in [5, 5.41) is 6.86. The maximum Gasteiger partial charge on any atom is 0.233 e. The number of benzene rings is 1. The highest BCUT2D eigenvalue weighted by molar-refractivity contribution is 7.99. The molecule has 1 aliphatic rings. The molecule has 122 valence electrons. The van der Waals surface area contributed by atoms with Crippen molar-refractivity contribution in [2.75, 3.05) is 42.6 Å². The third kappa shape index (κ3) is 3.73. The Morgan fingerprint density at radius 3 is 2.70 bits per heavy atom. The molecule has 0 spiro atoms. The molecule has 1 aliphatic heterocycles. The molecule has 9 heteroatoms. The van der Waals surface area contributed by atoms with E-state index in [4.69, 9.17) is 5.73 Å². The number of para-hydroxylation sites is 1. The summed E-state index contributed by atoms with van der Waals surface area (Å²) >= 11 is 1.24. The molecule has 3 N–H and O–H groups in total. The van der Waals surface area contributed by atoms with Gasteiger partial charge in [0.1, 0.15) is 5.82 Å². The Bertz CT molecular complexity index is 685. The normalized spacial score (nSPS) is 15.0. The topological polar surface area (TPSA) is 91.1 Å². The van der Waals surface area contributed by atoms with Crippen LogP contribution in [-0.2, 0) is 4.79 Å². The predicted octanol–water partition coefficient (Wildman–Crippen LogP) is 0.967. The van der Waals surface area contributed by atoms with Gasteiger partial charge in [-0.25, -0.2) is 9.49 Å². The van der Waals surface area contributed by atoms with Gasteiger partial charge in [0, 0.05) is 26.2 Å². The fraction of sp³-hybridized carbons (Fsp3) is 0.357. The molecule has 1 fully saturated rings. The second-order valence-corrected chi connectivity index (χ2v) is 6.05. The second-order valence-electron chi connectivity index (χ2n) is 5.11. The van der Waals surface area contributed by atoms with E-state index >= 15 is 0 Å². The first kappa shape index (κ1) is 15.6. The number of H-pyrrole nitrogens is 1. The molecule has 0 bridgehead atoms. The Labute approximate surface area is 137 Å². The van der Waals surface area contributed by atoms with Crippen molar-refractivity contribution < 1.29 is 9.18 Å². The number of hydrogen-bond donors (Lipinski definition) is 2. The number of anilines is 2. The van der Waals surface area contributed by atoms with Crippen LogP contribution in [0, 0.1) is 5.82 Å². The number of nitrogen functional groups attached to an aromatic ring is 1. The monoisotopic (exact) mass is 336 g/mol. The van der Waals surface area contributed by atoms with Gasteiger partial charge in [-0.15, -0.1) is 5.10 Å². The second kappa shape index (κ2) is 6.86. The lowest BCUT2D eigenvalue weighted by atomic mass is 10.2. The molecule has 0 atom stereocenters. The summed E-state index contributed by atoms with van der Waals surface area (Å²) in [6, 6.07) is 6.70. The molecule has 1 amide bonds. The quantitative estimate of drug-likeness (QED) is 0.809. The zero-order valence-corrected chi connectivity index (χ0v) is 13.2. The van der Waals surface area contributed by atoms with Crippen LogP contribution in [0.3, 0.4) is 0 Å². The van der Waals surface area contributed by atoms with Gasteiger partial charge < -0.3 is 15.5 Å². The zero-order valence-electron chi connectivity index (χ0n) is 12.4. The highest BCUT2D eigenvalue weighted by Crippen LogP contribution is 2.21. The van der Waals surface area contributed by atoms with Crippen LogP contribution in [0.2, 0.25) is 0 Å². The number of nitrogens with two attached hydrogens (primary N) is 1. The standard InChI is InChI=1S/C14H17FN6OS/c15-10-3-1-2-4-11(10)20-5-7-21(8-6-20)12(22)9-23-14-17-13(16)18-19-14/h1-4H,5-9H2,(H3,16,17,18,19). The van der Waals surface area contributed by atoms with Crippen molar-refractivity contribution >= 4 is 29.3 Å². The number of aromatic amines is 1. The summed E-state index contributed by atoms with van der Waals surface area (Å²) in [4.78, 5) is 19.9. The van der Waals surface area contributed by atoms with Gasteiger partial charge in [-0.05, 0) is 12.1 Å². The van der Waals surface area contributed by atoms with E-state index in [1.54, 1.807) is 17.0 Å². The van der Waals surface area contributed by atoms with E-state index in [9.17, 15) is 9.18 Å². The summed E-state index contributed by atoms with van der Waals surface area (Å²) < 4.78 is 13.8. The Morgan fingerprint density at radius 1 is 1.30 bits per heavy atom. The van der Waals surface area contributed by atoms with Crippen LogP contribution < -0.4 is 10.6 Å². The lowest BCUT2D eigenvalue weighted by Gasteiger charge is -2.36. The van der Waals surface area contributed by atoms with E-state index in [0.717, 1.165) is 0 Å². The SMILES string of the molecule is Nc1nc(SCC(=O)N2CCN(c3ccccc3F)CC2)n[nH]1. The largest absolute Gasteiger partial charge is 0.368 e. The highest BCUT2D eigenvalue weighted by Gasteiger charge is 2.22. The minimum atomic E-state index is -0.231. The number of carbonyl (C=O) groups excluding carboxylic acids is 1. The number of carbonyl (C=O) groups is 1. The van der Waals surface area contributed by atoms with Gasteiger partial charge in [-0.1, -0.05) is 23.9 Å². The zero-order chi connectivity index (χ0) is 16.2. The molecule has 0 aliphatic carbocycles. The minimum absolute atomic E-state index is 0.0200. The molecule has 0 unspecified atom stereocenters. The van der Waals surface area contributed by atoms with Gasteiger partial charge in [-0.2, -0.15) is 4.98 Å². The van der Waals surface area contributed by atoms with E-state index in [1.165, 1.54) is 17.8 Å². The summed E-state index contributed by atoms with van der Waals surface area (Å²) in [6.45, 7) is 2.38. The van der Waals surface area contributed by atoms with E-state index in [2.05, 4.69) is 15.2 Å². The first-order chi connectivity index (χ1) is 11.1. The molecule has 1 aromatic carbocycles. The van der Waals surface area contributed by atoms with Gasteiger partial charge in [0.2, 0.25) is 17.0 Å². The Balaban J connectivity index is 1.50. The number of hydrogen-bond acceptors (Lipinski definition) is 6. The number of thioether (sulfide) groups is 1. The smallest absolute Gasteiger partial charge is 0.233 e. The molecule has 0 radical (unpaired) electrons. The fourth-order valence-corrected chi connectivity index (χ4v) is 3.15. The molecule has 7 nitrogen and oxygen atoms in total. The number of nitrogens with zero attached hydrogens (tertiary/aromatic N) is 4. The first-order valence-electron chi connectivity index (χ1n) is 7.21. The fourth-order valence-electron chi connectivity index (χ4n) is 2.45. The van der Waals surface area contributed by atoms with Crippen molar-refractivity contribution in [3.05, 3.63) is 30.1 Å². The summed E-state index contributed by atoms with van der Waals surface area (Å²) in [7, 11) is 0. The highest BCUT2D eigenvalue weighted by atomic mass is 32.2. The van der Waals surface area contributed by atoms with E-state index < -0.39 is 0 Å². The number of aromatic nitrogens is 3. The Hall–Kier alpha value is -2.29. The lowest BCUT2D eigenvalue weighted by Crippen LogP contribution is -2.49. The number of amides is 1. The van der Waals surface area contributed by atoms with Gasteiger partial charge in [0.05, 0.1) is 11.4 Å². The van der Waals surface area contributed by atoms with E-state index in [-0.39, 0.29) is 23.4 Å². The number of piperazine rings is 1. The third-order valence-electron chi connectivity index (χ3n) is 3.63. The van der Waals surface area contributed by atoms with E-state index in [1.807, 2.05) is 11.0 Å². The van der Waals surface area contributed by atoms with Crippen molar-refractivity contribution in [1.29, 1.82) is 0 Å². The molecule has 3 rings (SSSR count). The van der Waals surface area contributed by atoms with Gasteiger partial charge in [0.15, 0.2) is 0 Å². The van der Waals surface area contributed by atoms with Crippen LogP contribution in [0.1, 0.15) is 0 Å². The average Bonchev–Trinajstić information content (AvgIpc) is 2.99. The van der Waals surface area contributed by atoms with Crippen LogP contribution in [0.25, 0.3) is 0 Å². The average molecular weight is 336 g/mol. The van der Waals surface area contributed by atoms with Crippen molar-refractivity contribution in [2.24, 2.45) is 0 Å². The summed E-state index contributed by atoms with van der Waals surface area (Å²) in [6.07, 6.45) is 0. The maximum atomic E-state index is 13.8. The van der Waals surface area contributed by atoms with Gasteiger partial charge in [-0.3, -0.25) is 4.79 Å². The van der Waals surface area contributed by atoms with Crippen molar-refractivity contribution in [3.8, 4) is 0 Å². The number of halogens is 1. The number of nitrogens with one attached hydrogen (secondary N) is 1. The molecular weight excluding hydrogens is 319 g/mol. The first-order valence-corrected chi connectivity index (χ1v) is 8.20. The predicted molar refractivity (Wildman–Crippen MR) is 86.7 cm³/mol. The van der Waals surface area contributed by atoms with Crippen molar-refractivity contribution in [3.63, 3.8) is 0 Å². The van der Waals surface area contributed by atoms with Crippen LogP contribution >= 0.6 is 11.8 Å². The molecule has 0 saturated carbocycles. The lowest BCUT2D eigenvalue weighted by molar-refractivity contribution is -0.128. The molecule has 2 heterocycles. The Kier molecular flexibility index (Phi) is 4.65. The molecule has 1 aromatic heterocycles. The van der Waals surface area contributed by atoms with Gasteiger partial charge >= 0.3 is 0 Å². The van der Waals surface area contributed by atoms with Gasteiger partial charge in [0.25, 0.3) is 0 Å². The molecule has 23 heavy (non-hydrogen) atoms. The molecule has 1 saturated heterocycles. The van der Waals surface area contributed by atoms with Crippen LogP contribution in [-0.4, -0.2) is 57.9 Å². The number of rotatable bonds is 4.